The highest BCUT2D eigenvalue weighted by molar-refractivity contribution is 6.31. The lowest BCUT2D eigenvalue weighted by Crippen LogP contribution is -2.37. The number of nitrogens with one attached hydrogen (secondary N) is 3. The number of carbonyl (C=O) groups is 1. The second kappa shape index (κ2) is 9.28. The number of anilines is 3. The van der Waals surface area contributed by atoms with Gasteiger partial charge in [-0.3, -0.25) is 9.69 Å². The molecule has 2 aromatic rings. The van der Waals surface area contributed by atoms with Crippen LogP contribution >= 0.6 is 0 Å². The normalized spacial score (nSPS) is 17.7. The van der Waals surface area contributed by atoms with Crippen LogP contribution in [0.3, 0.4) is 0 Å². The van der Waals surface area contributed by atoms with E-state index in [2.05, 4.69) is 20.9 Å². The number of hydrogen-bond donors (Lipinski definition) is 3. The topological polar surface area (TPSA) is 65.6 Å². The molecule has 3 N–H and O–H groups in total. The summed E-state index contributed by atoms with van der Waals surface area (Å²) < 4.78 is 19.5. The van der Waals surface area contributed by atoms with Gasteiger partial charge in [0.1, 0.15) is 5.82 Å². The molecule has 0 unspecified atom stereocenters. The molecular formula is C23H27FN4O2. The SMILES string of the molecule is Cc1cc(NC=C2C(=O)Nc3cccc(F)c32)ccc1NCCCN1CCOCC1. The maximum atomic E-state index is 14.1. The zero-order valence-electron chi connectivity index (χ0n) is 17.1. The van der Waals surface area contributed by atoms with Crippen molar-refractivity contribution < 1.29 is 13.9 Å². The summed E-state index contributed by atoms with van der Waals surface area (Å²) >= 11 is 0. The van der Waals surface area contributed by atoms with Crippen LogP contribution in [0.2, 0.25) is 0 Å². The third-order valence-electron chi connectivity index (χ3n) is 5.46. The van der Waals surface area contributed by atoms with Crippen LogP contribution in [0.5, 0.6) is 0 Å². The van der Waals surface area contributed by atoms with E-state index in [1.165, 1.54) is 6.07 Å². The molecule has 0 spiro atoms. The Labute approximate surface area is 176 Å². The van der Waals surface area contributed by atoms with Gasteiger partial charge in [-0.05, 0) is 55.8 Å². The second-order valence-electron chi connectivity index (χ2n) is 7.58. The molecule has 0 aromatic heterocycles. The molecule has 0 bridgehead atoms. The first kappa shape index (κ1) is 20.4. The van der Waals surface area contributed by atoms with Crippen molar-refractivity contribution in [1.29, 1.82) is 0 Å². The Bertz CT molecular complexity index is 954. The van der Waals surface area contributed by atoms with Gasteiger partial charge in [0, 0.05) is 42.8 Å². The van der Waals surface area contributed by atoms with E-state index in [1.54, 1.807) is 18.3 Å². The predicted octanol–water partition coefficient (Wildman–Crippen LogP) is 3.67. The highest BCUT2D eigenvalue weighted by Gasteiger charge is 2.27. The number of morpholine rings is 1. The van der Waals surface area contributed by atoms with Crippen molar-refractivity contribution in [2.45, 2.75) is 13.3 Å². The molecule has 2 aliphatic heterocycles. The van der Waals surface area contributed by atoms with Gasteiger partial charge in [0.2, 0.25) is 0 Å². The van der Waals surface area contributed by atoms with E-state index >= 15 is 0 Å². The first-order chi connectivity index (χ1) is 14.6. The van der Waals surface area contributed by atoms with Crippen molar-refractivity contribution in [1.82, 2.24) is 4.90 Å². The van der Waals surface area contributed by atoms with Crippen LogP contribution in [0, 0.1) is 12.7 Å². The number of carbonyl (C=O) groups excluding carboxylic acids is 1. The molecule has 0 aliphatic carbocycles. The number of hydrogen-bond acceptors (Lipinski definition) is 5. The molecule has 1 fully saturated rings. The number of fused-ring (bicyclic) bond motifs is 1. The Balaban J connectivity index is 1.34. The molecule has 0 atom stereocenters. The minimum Gasteiger partial charge on any atom is -0.385 e. The van der Waals surface area contributed by atoms with Crippen LogP contribution in [-0.2, 0) is 9.53 Å². The minimum atomic E-state index is -0.410. The lowest BCUT2D eigenvalue weighted by atomic mass is 10.1. The number of amides is 1. The van der Waals surface area contributed by atoms with Crippen LogP contribution in [-0.4, -0.2) is 50.2 Å². The smallest absolute Gasteiger partial charge is 0.257 e. The number of nitrogens with zero attached hydrogens (tertiary/aromatic N) is 1. The van der Waals surface area contributed by atoms with Crippen LogP contribution in [0.4, 0.5) is 21.5 Å². The first-order valence-corrected chi connectivity index (χ1v) is 10.3. The van der Waals surface area contributed by atoms with E-state index in [4.69, 9.17) is 4.74 Å². The van der Waals surface area contributed by atoms with E-state index < -0.39 is 5.82 Å². The Morgan fingerprint density at radius 3 is 2.87 bits per heavy atom. The fourth-order valence-electron chi connectivity index (χ4n) is 3.80. The Morgan fingerprint density at radius 2 is 2.07 bits per heavy atom. The molecule has 0 saturated carbocycles. The van der Waals surface area contributed by atoms with Gasteiger partial charge in [0.25, 0.3) is 5.91 Å². The molecule has 6 nitrogen and oxygen atoms in total. The molecular weight excluding hydrogens is 383 g/mol. The summed E-state index contributed by atoms with van der Waals surface area (Å²) in [5.74, 6) is -0.718. The lowest BCUT2D eigenvalue weighted by molar-refractivity contribution is -0.110. The molecule has 4 rings (SSSR count). The number of benzene rings is 2. The van der Waals surface area contributed by atoms with E-state index in [1.807, 2.05) is 25.1 Å². The lowest BCUT2D eigenvalue weighted by Gasteiger charge is -2.26. The van der Waals surface area contributed by atoms with Gasteiger partial charge in [0.15, 0.2) is 0 Å². The summed E-state index contributed by atoms with van der Waals surface area (Å²) in [5, 5.41) is 9.31. The minimum absolute atomic E-state index is 0.297. The highest BCUT2D eigenvalue weighted by Crippen LogP contribution is 2.33. The van der Waals surface area contributed by atoms with Crippen molar-refractivity contribution in [3.63, 3.8) is 0 Å². The third-order valence-corrected chi connectivity index (χ3v) is 5.46. The summed E-state index contributed by atoms with van der Waals surface area (Å²) in [6, 6.07) is 10.6. The van der Waals surface area contributed by atoms with E-state index in [-0.39, 0.29) is 5.91 Å². The Kier molecular flexibility index (Phi) is 6.30. The van der Waals surface area contributed by atoms with E-state index in [0.29, 0.717) is 16.8 Å². The molecule has 158 valence electrons. The van der Waals surface area contributed by atoms with Gasteiger partial charge in [-0.1, -0.05) is 6.07 Å². The van der Waals surface area contributed by atoms with Gasteiger partial charge < -0.3 is 20.7 Å². The van der Waals surface area contributed by atoms with Crippen LogP contribution in [0.25, 0.3) is 5.57 Å². The Morgan fingerprint density at radius 1 is 1.23 bits per heavy atom. The number of ether oxygens (including phenoxy) is 1. The van der Waals surface area contributed by atoms with Gasteiger partial charge in [0.05, 0.1) is 24.5 Å². The quantitative estimate of drug-likeness (QED) is 0.480. The zero-order valence-corrected chi connectivity index (χ0v) is 17.1. The van der Waals surface area contributed by atoms with Crippen LogP contribution < -0.4 is 16.0 Å². The fourth-order valence-corrected chi connectivity index (χ4v) is 3.80. The molecule has 1 saturated heterocycles. The average molecular weight is 410 g/mol. The third kappa shape index (κ3) is 4.63. The fraction of sp³-hybridized carbons (Fsp3) is 0.348. The summed E-state index contributed by atoms with van der Waals surface area (Å²) in [6.45, 7) is 7.71. The molecule has 30 heavy (non-hydrogen) atoms. The molecule has 2 aliphatic rings. The largest absolute Gasteiger partial charge is 0.385 e. The van der Waals surface area contributed by atoms with Crippen molar-refractivity contribution in [3.8, 4) is 0 Å². The monoisotopic (exact) mass is 410 g/mol. The van der Waals surface area contributed by atoms with Gasteiger partial charge in [-0.15, -0.1) is 0 Å². The average Bonchev–Trinajstić information content (AvgIpc) is 3.08. The van der Waals surface area contributed by atoms with Gasteiger partial charge in [-0.2, -0.15) is 0 Å². The standard InChI is InChI=1S/C23H27FN4O2/c1-16-14-17(6-7-20(16)25-8-3-9-28-10-12-30-13-11-28)26-15-18-22-19(24)4-2-5-21(22)27-23(18)29/h2,4-7,14-15,25-26H,3,8-13H2,1H3,(H,27,29). The van der Waals surface area contributed by atoms with Crippen molar-refractivity contribution in [2.24, 2.45) is 0 Å². The van der Waals surface area contributed by atoms with Crippen molar-refractivity contribution in [2.75, 3.05) is 55.3 Å². The van der Waals surface area contributed by atoms with Gasteiger partial charge in [-0.25, -0.2) is 4.39 Å². The predicted molar refractivity (Wildman–Crippen MR) is 118 cm³/mol. The number of aryl methyl sites for hydroxylation is 1. The van der Waals surface area contributed by atoms with Crippen LogP contribution in [0.1, 0.15) is 17.5 Å². The molecule has 7 heteroatoms. The maximum Gasteiger partial charge on any atom is 0.257 e. The van der Waals surface area contributed by atoms with Crippen molar-refractivity contribution >= 4 is 28.5 Å². The highest BCUT2D eigenvalue weighted by atomic mass is 19.1. The second-order valence-corrected chi connectivity index (χ2v) is 7.58. The van der Waals surface area contributed by atoms with Gasteiger partial charge >= 0.3 is 0 Å². The van der Waals surface area contributed by atoms with E-state index in [0.717, 1.165) is 62.8 Å². The number of halogens is 1. The number of rotatable bonds is 7. The zero-order chi connectivity index (χ0) is 20.9. The maximum absolute atomic E-state index is 14.1. The summed E-state index contributed by atoms with van der Waals surface area (Å²) in [7, 11) is 0. The summed E-state index contributed by atoms with van der Waals surface area (Å²) in [5.41, 5.74) is 4.14. The summed E-state index contributed by atoms with van der Waals surface area (Å²) in [4.78, 5) is 14.6. The molecule has 2 heterocycles. The Hall–Kier alpha value is -2.90. The molecule has 0 radical (unpaired) electrons. The molecule has 2 aromatic carbocycles. The molecule has 1 amide bonds. The first-order valence-electron chi connectivity index (χ1n) is 10.3. The van der Waals surface area contributed by atoms with Crippen molar-refractivity contribution in [3.05, 3.63) is 59.5 Å². The van der Waals surface area contributed by atoms with E-state index in [9.17, 15) is 9.18 Å². The summed E-state index contributed by atoms with van der Waals surface area (Å²) in [6.07, 6.45) is 2.64. The van der Waals surface area contributed by atoms with Crippen LogP contribution in [0.15, 0.2) is 42.6 Å².